The van der Waals surface area contributed by atoms with Crippen LogP contribution in [0.25, 0.3) is 0 Å². The summed E-state index contributed by atoms with van der Waals surface area (Å²) in [6, 6.07) is 7.14. The van der Waals surface area contributed by atoms with Gasteiger partial charge in [-0.1, -0.05) is 29.8 Å². The van der Waals surface area contributed by atoms with E-state index in [1.807, 2.05) is 13.0 Å². The van der Waals surface area contributed by atoms with E-state index < -0.39 is 29.2 Å². The molecule has 1 aromatic carbocycles. The van der Waals surface area contributed by atoms with Crippen LogP contribution in [0.1, 0.15) is 11.1 Å². The Morgan fingerprint density at radius 3 is 2.26 bits per heavy atom. The number of nitrogens with zero attached hydrogens (tertiary/aromatic N) is 1. The molecule has 0 amide bonds. The second-order valence-corrected chi connectivity index (χ2v) is 4.04. The van der Waals surface area contributed by atoms with Crippen molar-refractivity contribution in [1.29, 1.82) is 0 Å². The van der Waals surface area contributed by atoms with E-state index in [9.17, 15) is 17.6 Å². The van der Waals surface area contributed by atoms with Gasteiger partial charge in [0.05, 0.1) is 0 Å². The Kier molecular flexibility index (Phi) is 3.69. The number of hydrogen-bond acceptors (Lipinski definition) is 2. The SMILES string of the molecule is Cc1cccc(CNc2c(F)c(F)nc(F)c2F)c1. The minimum atomic E-state index is -1.68. The van der Waals surface area contributed by atoms with Gasteiger partial charge in [-0.05, 0) is 12.5 Å². The lowest BCUT2D eigenvalue weighted by atomic mass is 10.1. The van der Waals surface area contributed by atoms with Crippen molar-refractivity contribution >= 4 is 5.69 Å². The molecule has 0 saturated heterocycles. The van der Waals surface area contributed by atoms with Crippen LogP contribution in [-0.4, -0.2) is 4.98 Å². The number of nitrogens with one attached hydrogen (secondary N) is 1. The standard InChI is InChI=1S/C13H10F4N2/c1-7-3-2-4-8(5-7)6-18-11-9(14)12(16)19-13(17)10(11)15/h2-5H,6H2,1H3,(H,18,19). The summed E-state index contributed by atoms with van der Waals surface area (Å²) in [5.74, 6) is -6.42. The van der Waals surface area contributed by atoms with Gasteiger partial charge in [0.1, 0.15) is 5.69 Å². The van der Waals surface area contributed by atoms with Crippen LogP contribution in [-0.2, 0) is 6.54 Å². The van der Waals surface area contributed by atoms with Crippen LogP contribution in [0, 0.1) is 30.5 Å². The first kappa shape index (κ1) is 13.3. The Balaban J connectivity index is 2.25. The number of hydrogen-bond donors (Lipinski definition) is 1. The van der Waals surface area contributed by atoms with E-state index in [1.165, 1.54) is 0 Å². The van der Waals surface area contributed by atoms with Gasteiger partial charge in [0.15, 0.2) is 0 Å². The highest BCUT2D eigenvalue weighted by molar-refractivity contribution is 5.46. The molecule has 0 aliphatic rings. The van der Waals surface area contributed by atoms with Crippen molar-refractivity contribution in [1.82, 2.24) is 4.98 Å². The number of rotatable bonds is 3. The van der Waals surface area contributed by atoms with E-state index in [-0.39, 0.29) is 6.54 Å². The molecule has 1 N–H and O–H groups in total. The highest BCUT2D eigenvalue weighted by Gasteiger charge is 2.20. The van der Waals surface area contributed by atoms with Crippen LogP contribution in [0.2, 0.25) is 0 Å². The molecule has 6 heteroatoms. The molecule has 0 aliphatic heterocycles. The molecule has 0 atom stereocenters. The minimum absolute atomic E-state index is 0.0401. The lowest BCUT2D eigenvalue weighted by Gasteiger charge is -2.09. The van der Waals surface area contributed by atoms with Gasteiger partial charge in [0.2, 0.25) is 11.6 Å². The van der Waals surface area contributed by atoms with Crippen LogP contribution in [0.15, 0.2) is 24.3 Å². The molecule has 19 heavy (non-hydrogen) atoms. The minimum Gasteiger partial charge on any atom is -0.376 e. The fraction of sp³-hybridized carbons (Fsp3) is 0.154. The summed E-state index contributed by atoms with van der Waals surface area (Å²) in [6.45, 7) is 1.90. The van der Waals surface area contributed by atoms with E-state index in [2.05, 4.69) is 10.3 Å². The molecule has 1 heterocycles. The van der Waals surface area contributed by atoms with Crippen molar-refractivity contribution in [2.24, 2.45) is 0 Å². The predicted octanol–water partition coefficient (Wildman–Crippen LogP) is 3.56. The number of anilines is 1. The van der Waals surface area contributed by atoms with Gasteiger partial charge in [0.25, 0.3) is 11.9 Å². The highest BCUT2D eigenvalue weighted by Crippen LogP contribution is 2.22. The topological polar surface area (TPSA) is 24.9 Å². The van der Waals surface area contributed by atoms with Crippen molar-refractivity contribution in [2.75, 3.05) is 5.32 Å². The molecule has 2 rings (SSSR count). The maximum absolute atomic E-state index is 13.3. The molecule has 0 saturated carbocycles. The molecule has 2 nitrogen and oxygen atoms in total. The normalized spacial score (nSPS) is 10.6. The van der Waals surface area contributed by atoms with Gasteiger partial charge in [-0.3, -0.25) is 0 Å². The van der Waals surface area contributed by atoms with Gasteiger partial charge in [-0.25, -0.2) is 0 Å². The quantitative estimate of drug-likeness (QED) is 0.681. The van der Waals surface area contributed by atoms with Crippen LogP contribution in [0.5, 0.6) is 0 Å². The number of halogens is 4. The van der Waals surface area contributed by atoms with Gasteiger partial charge >= 0.3 is 0 Å². The first-order chi connectivity index (χ1) is 8.99. The predicted molar refractivity (Wildman–Crippen MR) is 62.6 cm³/mol. The maximum atomic E-state index is 13.3. The van der Waals surface area contributed by atoms with Crippen molar-refractivity contribution in [2.45, 2.75) is 13.5 Å². The summed E-state index contributed by atoms with van der Waals surface area (Å²) in [5.41, 5.74) is 0.843. The summed E-state index contributed by atoms with van der Waals surface area (Å²) >= 11 is 0. The molecule has 2 aromatic rings. The van der Waals surface area contributed by atoms with E-state index in [0.29, 0.717) is 0 Å². The van der Waals surface area contributed by atoms with Gasteiger partial charge < -0.3 is 5.32 Å². The second kappa shape index (κ2) is 5.26. The highest BCUT2D eigenvalue weighted by atomic mass is 19.2. The largest absolute Gasteiger partial charge is 0.376 e. The molecule has 0 radical (unpaired) electrons. The number of aryl methyl sites for hydroxylation is 1. The number of pyridine rings is 1. The Morgan fingerprint density at radius 2 is 1.68 bits per heavy atom. The van der Waals surface area contributed by atoms with Crippen LogP contribution in [0.4, 0.5) is 23.2 Å². The van der Waals surface area contributed by atoms with Crippen LogP contribution >= 0.6 is 0 Å². The lowest BCUT2D eigenvalue weighted by molar-refractivity contribution is 0.410. The van der Waals surface area contributed by atoms with Crippen LogP contribution < -0.4 is 5.32 Å². The summed E-state index contributed by atoms with van der Waals surface area (Å²) in [7, 11) is 0. The average molecular weight is 270 g/mol. The summed E-state index contributed by atoms with van der Waals surface area (Å²) in [4.78, 5) is 2.48. The molecule has 100 valence electrons. The first-order valence-electron chi connectivity index (χ1n) is 5.48. The van der Waals surface area contributed by atoms with Crippen molar-refractivity contribution in [3.63, 3.8) is 0 Å². The zero-order valence-corrected chi connectivity index (χ0v) is 9.98. The summed E-state index contributed by atoms with van der Waals surface area (Å²) in [5, 5.41) is 2.34. The zero-order valence-electron chi connectivity index (χ0n) is 9.98. The molecule has 0 bridgehead atoms. The Morgan fingerprint density at radius 1 is 1.05 bits per heavy atom. The smallest absolute Gasteiger partial charge is 0.253 e. The third-order valence-corrected chi connectivity index (χ3v) is 2.55. The molecule has 0 aliphatic carbocycles. The van der Waals surface area contributed by atoms with Gasteiger partial charge in [-0.15, -0.1) is 0 Å². The molecular weight excluding hydrogens is 260 g/mol. The lowest BCUT2D eigenvalue weighted by Crippen LogP contribution is -2.09. The van der Waals surface area contributed by atoms with E-state index >= 15 is 0 Å². The Hall–Kier alpha value is -2.11. The molecule has 0 fully saturated rings. The second-order valence-electron chi connectivity index (χ2n) is 4.04. The average Bonchev–Trinajstić information content (AvgIpc) is 2.36. The number of aromatic nitrogens is 1. The van der Waals surface area contributed by atoms with Gasteiger partial charge in [-0.2, -0.15) is 22.5 Å². The maximum Gasteiger partial charge on any atom is 0.253 e. The van der Waals surface area contributed by atoms with E-state index in [0.717, 1.165) is 11.1 Å². The summed E-state index contributed by atoms with van der Waals surface area (Å²) < 4.78 is 52.4. The van der Waals surface area contributed by atoms with Crippen molar-refractivity contribution in [3.8, 4) is 0 Å². The van der Waals surface area contributed by atoms with E-state index in [1.54, 1.807) is 18.2 Å². The fourth-order valence-electron chi connectivity index (χ4n) is 1.65. The molecular formula is C13H10F4N2. The van der Waals surface area contributed by atoms with Gasteiger partial charge in [0, 0.05) is 6.54 Å². The molecule has 1 aromatic heterocycles. The van der Waals surface area contributed by atoms with Crippen LogP contribution in [0.3, 0.4) is 0 Å². The number of benzene rings is 1. The van der Waals surface area contributed by atoms with Crippen molar-refractivity contribution < 1.29 is 17.6 Å². The molecule has 0 unspecified atom stereocenters. The van der Waals surface area contributed by atoms with Crippen molar-refractivity contribution in [3.05, 3.63) is 58.9 Å². The first-order valence-corrected chi connectivity index (χ1v) is 5.48. The Bertz CT molecular complexity index is 588. The fourth-order valence-corrected chi connectivity index (χ4v) is 1.65. The van der Waals surface area contributed by atoms with E-state index in [4.69, 9.17) is 0 Å². The third kappa shape index (κ3) is 2.83. The monoisotopic (exact) mass is 270 g/mol. The third-order valence-electron chi connectivity index (χ3n) is 2.55. The Labute approximate surface area is 107 Å². The summed E-state index contributed by atoms with van der Waals surface area (Å²) in [6.07, 6.45) is 0. The zero-order chi connectivity index (χ0) is 14.0. The molecule has 0 spiro atoms.